The van der Waals surface area contributed by atoms with Gasteiger partial charge in [0.15, 0.2) is 35.2 Å². The minimum atomic E-state index is -2.36. The predicted octanol–water partition coefficient (Wildman–Crippen LogP) is 6.40. The minimum Gasteiger partial charge on any atom is -0.461 e. The van der Waals surface area contributed by atoms with Crippen molar-refractivity contribution in [1.82, 2.24) is 9.88 Å². The number of Topliss-reactive ketones (excluding diaryl/α,β-unsaturated/α-hetero) is 2. The molecule has 3 aromatic rings. The van der Waals surface area contributed by atoms with Gasteiger partial charge in [-0.05, 0) is 106 Å². The van der Waals surface area contributed by atoms with E-state index < -0.39 is 94.3 Å². The second-order valence-electron chi connectivity index (χ2n) is 19.0. The maximum absolute atomic E-state index is 17.7. The van der Waals surface area contributed by atoms with Crippen LogP contribution in [0.15, 0.2) is 84.7 Å². The third-order valence-electron chi connectivity index (χ3n) is 14.5. The van der Waals surface area contributed by atoms with Crippen LogP contribution >= 0.6 is 0 Å². The van der Waals surface area contributed by atoms with Gasteiger partial charge in [0.2, 0.25) is 5.78 Å². The van der Waals surface area contributed by atoms with E-state index in [-0.39, 0.29) is 56.5 Å². The summed E-state index contributed by atoms with van der Waals surface area (Å²) in [5.41, 5.74) is -4.64. The molecule has 63 heavy (non-hydrogen) atoms. The van der Waals surface area contributed by atoms with Crippen LogP contribution in [0.5, 0.6) is 0 Å². The average Bonchev–Trinajstić information content (AvgIpc) is 3.65. The maximum Gasteiger partial charge on any atom is 0.306 e. The smallest absolute Gasteiger partial charge is 0.306 e. The molecule has 1 aliphatic heterocycles. The van der Waals surface area contributed by atoms with Gasteiger partial charge in [0.1, 0.15) is 12.8 Å². The Labute approximate surface area is 365 Å². The van der Waals surface area contributed by atoms with E-state index in [1.165, 1.54) is 19.1 Å². The van der Waals surface area contributed by atoms with Crippen molar-refractivity contribution in [2.45, 2.75) is 114 Å². The number of likely N-dealkylation sites (N-methyl/N-ethyl adjacent to an activating group) is 1. The van der Waals surface area contributed by atoms with E-state index in [0.29, 0.717) is 5.56 Å². The molecule has 4 aliphatic carbocycles. The van der Waals surface area contributed by atoms with E-state index in [1.807, 2.05) is 55.4 Å². The molecule has 4 fully saturated rings. The van der Waals surface area contributed by atoms with Gasteiger partial charge in [-0.25, -0.2) is 8.78 Å². The lowest BCUT2D eigenvalue weighted by Crippen LogP contribution is -2.71. The number of rotatable bonds is 13. The minimum absolute atomic E-state index is 0.00543. The van der Waals surface area contributed by atoms with Gasteiger partial charge in [0.05, 0.1) is 31.1 Å². The van der Waals surface area contributed by atoms with Crippen molar-refractivity contribution in [3.8, 4) is 0 Å². The van der Waals surface area contributed by atoms with Crippen molar-refractivity contribution in [1.29, 1.82) is 0 Å². The van der Waals surface area contributed by atoms with E-state index in [2.05, 4.69) is 4.98 Å². The van der Waals surface area contributed by atoms with Gasteiger partial charge in [-0.2, -0.15) is 0 Å². The summed E-state index contributed by atoms with van der Waals surface area (Å²) in [4.78, 5) is 71.8. The molecule has 2 heterocycles. The van der Waals surface area contributed by atoms with Crippen LogP contribution < -0.4 is 0 Å². The molecule has 1 saturated heterocycles. The molecule has 12 nitrogen and oxygen atoms in total. The number of hydrogen-bond donors (Lipinski definition) is 1. The third-order valence-corrected chi connectivity index (χ3v) is 14.5. The zero-order valence-corrected chi connectivity index (χ0v) is 36.4. The number of nitrogens with zero attached hydrogens (tertiary/aromatic N) is 2. The fourth-order valence-corrected chi connectivity index (χ4v) is 11.7. The second-order valence-corrected chi connectivity index (χ2v) is 19.0. The SMILES string of the molecule is CN(C)C(C(=O)Cc1ccc2cnccc2c1)c1ccc(COC(=O)CCC(=O)OCC(=O)[C@@]23OC(C)(C)O[C@@H]2C[C@H]2C4C[C@H](F)C5=CC(=O)C=C[C@]5(C)[C@@]4(F)[C@@H](O)C[C@@]23C)cc1. The normalized spacial score (nSPS) is 33.1. The Balaban J connectivity index is 0.865. The summed E-state index contributed by atoms with van der Waals surface area (Å²) in [5, 5.41) is 13.8. The van der Waals surface area contributed by atoms with Crippen molar-refractivity contribution in [2.24, 2.45) is 22.7 Å². The van der Waals surface area contributed by atoms with Crippen molar-refractivity contribution in [3.05, 3.63) is 101 Å². The molecule has 8 rings (SSSR count). The Morgan fingerprint density at radius 3 is 2.35 bits per heavy atom. The molecular weight excluding hydrogens is 815 g/mol. The molecule has 5 aliphatic rings. The fraction of sp³-hybridized carbons (Fsp3) is 0.510. The quantitative estimate of drug-likeness (QED) is 0.189. The monoisotopic (exact) mass is 868 g/mol. The van der Waals surface area contributed by atoms with E-state index >= 15 is 8.78 Å². The van der Waals surface area contributed by atoms with Crippen LogP contribution in [-0.2, 0) is 55.9 Å². The summed E-state index contributed by atoms with van der Waals surface area (Å²) in [6, 6.07) is 14.5. The highest BCUT2D eigenvalue weighted by molar-refractivity contribution is 6.01. The molecule has 3 saturated carbocycles. The number of allylic oxidation sites excluding steroid dienone is 4. The summed E-state index contributed by atoms with van der Waals surface area (Å²) in [5.74, 6) is -5.58. The van der Waals surface area contributed by atoms with Crippen LogP contribution in [-0.4, -0.2) is 100 Å². The van der Waals surface area contributed by atoms with Crippen molar-refractivity contribution >= 4 is 40.1 Å². The summed E-state index contributed by atoms with van der Waals surface area (Å²) in [7, 11) is 3.68. The Bertz CT molecular complexity index is 2420. The molecule has 2 unspecified atom stereocenters. The number of benzene rings is 2. The molecule has 10 atom stereocenters. The molecule has 0 radical (unpaired) electrons. The number of ketones is 3. The molecule has 0 spiro atoms. The number of esters is 2. The molecule has 0 amide bonds. The highest BCUT2D eigenvalue weighted by Crippen LogP contribution is 2.72. The maximum atomic E-state index is 17.7. The molecule has 2 aromatic carbocycles. The van der Waals surface area contributed by atoms with Crippen molar-refractivity contribution < 1.29 is 56.8 Å². The summed E-state index contributed by atoms with van der Waals surface area (Å²) >= 11 is 0. The van der Waals surface area contributed by atoms with Crippen LogP contribution in [0.2, 0.25) is 0 Å². The lowest BCUT2D eigenvalue weighted by molar-refractivity contribution is -0.249. The number of aliphatic hydroxyl groups excluding tert-OH is 1. The molecule has 14 heteroatoms. The lowest BCUT2D eigenvalue weighted by Gasteiger charge is -2.63. The van der Waals surface area contributed by atoms with Crippen molar-refractivity contribution in [2.75, 3.05) is 20.7 Å². The number of ether oxygens (including phenoxy) is 4. The number of aliphatic hydroxyl groups is 1. The first-order chi connectivity index (χ1) is 29.7. The molecular formula is C49H54F2N2O10. The van der Waals surface area contributed by atoms with Crippen LogP contribution in [0, 0.1) is 22.7 Å². The van der Waals surface area contributed by atoms with Crippen LogP contribution in [0.3, 0.4) is 0 Å². The molecule has 334 valence electrons. The number of halogens is 2. The Kier molecular flexibility index (Phi) is 11.5. The van der Waals surface area contributed by atoms with Gasteiger partial charge < -0.3 is 24.1 Å². The predicted molar refractivity (Wildman–Crippen MR) is 225 cm³/mol. The van der Waals surface area contributed by atoms with Crippen LogP contribution in [0.1, 0.15) is 82.5 Å². The van der Waals surface area contributed by atoms with E-state index in [4.69, 9.17) is 18.9 Å². The average molecular weight is 869 g/mol. The molecule has 0 bridgehead atoms. The summed E-state index contributed by atoms with van der Waals surface area (Å²) < 4.78 is 57.3. The standard InChI is InChI=1S/C49H54F2N2O10/c1-45(2)62-41-23-34-35-22-37(50)36-21-33(54)15-17-46(36,3)48(35,51)39(56)24-47(34,4)49(41,63-45)40(57)27-61-43(59)14-13-42(58)60-26-28-7-10-30(11-8-28)44(53(5)6)38(55)20-29-9-12-32-25-52-18-16-31(32)19-29/h7-12,15-19,21,25,34-35,37,39,41,44,56H,13-14,20,22-24,26-27H2,1-6H3/t34-,35?,37-,39-,41+,44?,46-,47-,48-,49+/m0/s1. The number of hydrogen-bond acceptors (Lipinski definition) is 12. The van der Waals surface area contributed by atoms with Crippen molar-refractivity contribution in [3.63, 3.8) is 0 Å². The van der Waals surface area contributed by atoms with E-state index in [0.717, 1.165) is 28.0 Å². The Morgan fingerprint density at radius 2 is 1.63 bits per heavy atom. The first kappa shape index (κ1) is 44.6. The Hall–Kier alpha value is -5.02. The number of alkyl halides is 2. The van der Waals surface area contributed by atoms with E-state index in [1.54, 1.807) is 45.3 Å². The fourth-order valence-electron chi connectivity index (χ4n) is 11.7. The largest absolute Gasteiger partial charge is 0.461 e. The zero-order chi connectivity index (χ0) is 45.3. The van der Waals surface area contributed by atoms with Gasteiger partial charge in [-0.3, -0.25) is 33.9 Å². The highest BCUT2D eigenvalue weighted by Gasteiger charge is 2.80. The summed E-state index contributed by atoms with van der Waals surface area (Å²) in [6.45, 7) is 5.69. The Morgan fingerprint density at radius 1 is 0.937 bits per heavy atom. The van der Waals surface area contributed by atoms with Gasteiger partial charge in [-0.1, -0.05) is 55.5 Å². The number of pyridine rings is 1. The molecule has 1 N–H and O–H groups in total. The first-order valence-corrected chi connectivity index (χ1v) is 21.5. The zero-order valence-electron chi connectivity index (χ0n) is 36.4. The topological polar surface area (TPSA) is 159 Å². The highest BCUT2D eigenvalue weighted by atomic mass is 19.1. The number of carbonyl (C=O) groups excluding carboxylic acids is 5. The van der Waals surface area contributed by atoms with Gasteiger partial charge in [0, 0.05) is 40.9 Å². The third kappa shape index (κ3) is 7.46. The van der Waals surface area contributed by atoms with Crippen LogP contribution in [0.25, 0.3) is 10.8 Å². The molecule has 1 aromatic heterocycles. The van der Waals surface area contributed by atoms with Gasteiger partial charge in [-0.15, -0.1) is 0 Å². The number of aromatic nitrogens is 1. The van der Waals surface area contributed by atoms with E-state index in [9.17, 15) is 29.1 Å². The van der Waals surface area contributed by atoms with Gasteiger partial charge in [0.25, 0.3) is 0 Å². The first-order valence-electron chi connectivity index (χ1n) is 21.5. The summed E-state index contributed by atoms with van der Waals surface area (Å²) in [6.07, 6.45) is 2.06. The number of fused-ring (bicyclic) bond motifs is 8. The van der Waals surface area contributed by atoms with Gasteiger partial charge >= 0.3 is 11.9 Å². The lowest BCUT2D eigenvalue weighted by atomic mass is 9.44. The number of carbonyl (C=O) groups is 5. The second kappa shape index (κ2) is 16.2. The van der Waals surface area contributed by atoms with Crippen LogP contribution in [0.4, 0.5) is 8.78 Å².